The molecule has 0 unspecified atom stereocenters. The van der Waals surface area contributed by atoms with Crippen molar-refractivity contribution in [1.29, 1.82) is 0 Å². The number of hydrogen-bond donors (Lipinski definition) is 2. The summed E-state index contributed by atoms with van der Waals surface area (Å²) >= 11 is 0. The zero-order valence-corrected chi connectivity index (χ0v) is 11.9. The Morgan fingerprint density at radius 2 is 2.15 bits per heavy atom. The fourth-order valence-electron chi connectivity index (χ4n) is 3.15. The highest BCUT2D eigenvalue weighted by Gasteiger charge is 2.24. The normalized spacial score (nSPS) is 18.3. The molecule has 0 saturated heterocycles. The van der Waals surface area contributed by atoms with Gasteiger partial charge in [-0.05, 0) is 19.8 Å². The van der Waals surface area contributed by atoms with E-state index in [1.165, 1.54) is 32.1 Å². The lowest BCUT2D eigenvalue weighted by Gasteiger charge is -2.26. The number of nitrogens with one attached hydrogen (secondary N) is 1. The monoisotopic (exact) mass is 274 g/mol. The number of rotatable bonds is 4. The molecule has 0 aliphatic heterocycles. The first-order valence-corrected chi connectivity index (χ1v) is 7.40. The van der Waals surface area contributed by atoms with Gasteiger partial charge in [0, 0.05) is 24.4 Å². The maximum Gasteiger partial charge on any atom is 0.150 e. The third-order valence-electron chi connectivity index (χ3n) is 4.16. The largest absolute Gasteiger partial charge is 0.348 e. The molecule has 108 valence electrons. The van der Waals surface area contributed by atoms with Crippen molar-refractivity contribution in [2.45, 2.75) is 57.5 Å². The lowest BCUT2D eigenvalue weighted by atomic mass is 9.95. The van der Waals surface area contributed by atoms with Gasteiger partial charge in [0.1, 0.15) is 5.82 Å². The maximum atomic E-state index is 6.34. The number of imidazole rings is 1. The quantitative estimate of drug-likeness (QED) is 0.893. The molecule has 3 rings (SSSR count). The second kappa shape index (κ2) is 5.75. The van der Waals surface area contributed by atoms with Crippen LogP contribution in [0.25, 0.3) is 0 Å². The fraction of sp³-hybridized carbons (Fsp3) is 0.643. The second-order valence-electron chi connectivity index (χ2n) is 5.65. The second-order valence-corrected chi connectivity index (χ2v) is 5.65. The van der Waals surface area contributed by atoms with Gasteiger partial charge in [-0.15, -0.1) is 10.2 Å². The predicted molar refractivity (Wildman–Crippen MR) is 76.1 cm³/mol. The van der Waals surface area contributed by atoms with Gasteiger partial charge in [-0.3, -0.25) is 0 Å². The van der Waals surface area contributed by atoms with Gasteiger partial charge in [0.15, 0.2) is 5.82 Å². The first-order valence-electron chi connectivity index (χ1n) is 7.40. The topological polar surface area (TPSA) is 85.4 Å². The van der Waals surface area contributed by atoms with Crippen LogP contribution in [0, 0.1) is 6.92 Å². The Balaban J connectivity index is 1.82. The van der Waals surface area contributed by atoms with Crippen LogP contribution < -0.4 is 5.73 Å². The van der Waals surface area contributed by atoms with E-state index in [1.807, 2.05) is 13.1 Å². The molecule has 2 heterocycles. The van der Waals surface area contributed by atoms with Crippen molar-refractivity contribution >= 4 is 0 Å². The molecule has 1 fully saturated rings. The SMILES string of the molecule is Cc1nnc([C@@H](N)Cc2cnc[nH]2)n1C1CCCCC1. The molecular formula is C14H22N6. The number of aromatic amines is 1. The molecule has 0 aromatic carbocycles. The molecule has 0 amide bonds. The number of aryl methyl sites for hydroxylation is 1. The van der Waals surface area contributed by atoms with E-state index in [9.17, 15) is 0 Å². The number of aromatic nitrogens is 5. The van der Waals surface area contributed by atoms with E-state index < -0.39 is 0 Å². The average molecular weight is 274 g/mol. The van der Waals surface area contributed by atoms with Crippen molar-refractivity contribution in [3.8, 4) is 0 Å². The van der Waals surface area contributed by atoms with E-state index in [0.29, 0.717) is 12.5 Å². The van der Waals surface area contributed by atoms with E-state index in [1.54, 1.807) is 6.33 Å². The van der Waals surface area contributed by atoms with Gasteiger partial charge in [-0.1, -0.05) is 19.3 Å². The lowest BCUT2D eigenvalue weighted by Crippen LogP contribution is -2.23. The molecule has 1 aliphatic rings. The smallest absolute Gasteiger partial charge is 0.150 e. The Kier molecular flexibility index (Phi) is 3.82. The van der Waals surface area contributed by atoms with Crippen molar-refractivity contribution in [2.24, 2.45) is 5.73 Å². The Bertz CT molecular complexity index is 538. The van der Waals surface area contributed by atoms with Crippen molar-refractivity contribution < 1.29 is 0 Å². The fourth-order valence-corrected chi connectivity index (χ4v) is 3.15. The highest BCUT2D eigenvalue weighted by molar-refractivity contribution is 5.07. The first-order chi connectivity index (χ1) is 9.75. The van der Waals surface area contributed by atoms with Crippen molar-refractivity contribution in [3.63, 3.8) is 0 Å². The highest BCUT2D eigenvalue weighted by Crippen LogP contribution is 2.31. The molecule has 0 radical (unpaired) electrons. The van der Waals surface area contributed by atoms with Crippen LogP contribution in [0.4, 0.5) is 0 Å². The summed E-state index contributed by atoms with van der Waals surface area (Å²) in [6.07, 6.45) is 10.5. The molecule has 1 atom stereocenters. The van der Waals surface area contributed by atoms with Gasteiger partial charge in [-0.2, -0.15) is 0 Å². The predicted octanol–water partition coefficient (Wildman–Crippen LogP) is 2.06. The van der Waals surface area contributed by atoms with Gasteiger partial charge in [0.2, 0.25) is 0 Å². The van der Waals surface area contributed by atoms with E-state index in [-0.39, 0.29) is 6.04 Å². The van der Waals surface area contributed by atoms with Crippen molar-refractivity contribution in [3.05, 3.63) is 29.9 Å². The van der Waals surface area contributed by atoms with Crippen molar-refractivity contribution in [2.75, 3.05) is 0 Å². The minimum atomic E-state index is -0.140. The molecule has 2 aromatic heterocycles. The maximum absolute atomic E-state index is 6.34. The number of nitrogens with zero attached hydrogens (tertiary/aromatic N) is 4. The van der Waals surface area contributed by atoms with E-state index in [4.69, 9.17) is 5.73 Å². The summed E-state index contributed by atoms with van der Waals surface area (Å²) in [6, 6.07) is 0.375. The van der Waals surface area contributed by atoms with E-state index in [2.05, 4.69) is 24.7 Å². The summed E-state index contributed by atoms with van der Waals surface area (Å²) < 4.78 is 2.26. The molecule has 1 aliphatic carbocycles. The van der Waals surface area contributed by atoms with Crippen LogP contribution in [0.2, 0.25) is 0 Å². The molecule has 0 bridgehead atoms. The molecule has 2 aromatic rings. The van der Waals surface area contributed by atoms with Gasteiger partial charge >= 0.3 is 0 Å². The molecule has 0 spiro atoms. The summed E-state index contributed by atoms with van der Waals surface area (Å²) in [6.45, 7) is 2.02. The summed E-state index contributed by atoms with van der Waals surface area (Å²) in [4.78, 5) is 7.13. The zero-order valence-electron chi connectivity index (χ0n) is 11.9. The van der Waals surface area contributed by atoms with Crippen LogP contribution in [0.5, 0.6) is 0 Å². The molecule has 1 saturated carbocycles. The number of nitrogens with two attached hydrogens (primary N) is 1. The van der Waals surface area contributed by atoms with Crippen LogP contribution in [0.1, 0.15) is 61.5 Å². The molecule has 6 nitrogen and oxygen atoms in total. The summed E-state index contributed by atoms with van der Waals surface area (Å²) in [5.74, 6) is 1.89. The molecule has 3 N–H and O–H groups in total. The third kappa shape index (κ3) is 2.60. The van der Waals surface area contributed by atoms with Crippen LogP contribution in [-0.2, 0) is 6.42 Å². The Labute approximate surface area is 118 Å². The molecule has 6 heteroatoms. The molecular weight excluding hydrogens is 252 g/mol. The summed E-state index contributed by atoms with van der Waals surface area (Å²) in [7, 11) is 0. The van der Waals surface area contributed by atoms with Gasteiger partial charge in [-0.25, -0.2) is 4.98 Å². The summed E-state index contributed by atoms with van der Waals surface area (Å²) in [5, 5.41) is 8.57. The number of hydrogen-bond acceptors (Lipinski definition) is 4. The molecule has 20 heavy (non-hydrogen) atoms. The zero-order chi connectivity index (χ0) is 13.9. The van der Waals surface area contributed by atoms with Crippen LogP contribution in [0.3, 0.4) is 0 Å². The number of H-pyrrole nitrogens is 1. The standard InChI is InChI=1S/C14H22N6/c1-10-18-19-14(13(15)7-11-8-16-9-17-11)20(10)12-5-3-2-4-6-12/h8-9,12-13H,2-7,15H2,1H3,(H,16,17)/t13-/m0/s1. The Morgan fingerprint density at radius 1 is 1.35 bits per heavy atom. The highest BCUT2D eigenvalue weighted by atomic mass is 15.3. The first kappa shape index (κ1) is 13.3. The van der Waals surface area contributed by atoms with E-state index in [0.717, 1.165) is 17.3 Å². The van der Waals surface area contributed by atoms with Crippen LogP contribution >= 0.6 is 0 Å². The van der Waals surface area contributed by atoms with E-state index >= 15 is 0 Å². The minimum absolute atomic E-state index is 0.140. The average Bonchev–Trinajstić information content (AvgIpc) is 3.09. The van der Waals surface area contributed by atoms with Gasteiger partial charge in [0.25, 0.3) is 0 Å². The minimum Gasteiger partial charge on any atom is -0.348 e. The van der Waals surface area contributed by atoms with Crippen LogP contribution in [0.15, 0.2) is 12.5 Å². The van der Waals surface area contributed by atoms with Gasteiger partial charge in [0.05, 0.1) is 12.4 Å². The van der Waals surface area contributed by atoms with Crippen LogP contribution in [-0.4, -0.2) is 24.7 Å². The third-order valence-corrected chi connectivity index (χ3v) is 4.16. The van der Waals surface area contributed by atoms with Gasteiger partial charge < -0.3 is 15.3 Å². The Hall–Kier alpha value is -1.69. The lowest BCUT2D eigenvalue weighted by molar-refractivity contribution is 0.335. The summed E-state index contributed by atoms with van der Waals surface area (Å²) in [5.41, 5.74) is 7.37. The van der Waals surface area contributed by atoms with Crippen molar-refractivity contribution in [1.82, 2.24) is 24.7 Å². The Morgan fingerprint density at radius 3 is 2.85 bits per heavy atom.